The van der Waals surface area contributed by atoms with Crippen LogP contribution in [0.4, 0.5) is 0 Å². The van der Waals surface area contributed by atoms with E-state index in [1.165, 1.54) is 64.2 Å². The maximum atomic E-state index is 4.46. The van der Waals surface area contributed by atoms with Crippen molar-refractivity contribution >= 4 is 6.01 Å². The van der Waals surface area contributed by atoms with Crippen LogP contribution in [0.25, 0.3) is 0 Å². The van der Waals surface area contributed by atoms with E-state index in [1.54, 1.807) is 12.4 Å². The van der Waals surface area contributed by atoms with Crippen molar-refractivity contribution in [3.8, 4) is 0 Å². The van der Waals surface area contributed by atoms with Gasteiger partial charge < -0.3 is 0 Å². The number of rotatable bonds is 2. The standard InChI is InChI=1S/C13H22N2.C5H5N/c1-3-7-12(8-4-1)14-11-15-13-9-5-2-6-10-13;1-2-4-6-5-3-1/h12-13H,1-10H2;1-5H. The molecule has 0 unspecified atom stereocenters. The van der Waals surface area contributed by atoms with Crippen LogP contribution in [0.15, 0.2) is 40.6 Å². The molecule has 0 N–H and O–H groups in total. The van der Waals surface area contributed by atoms with Crippen LogP contribution < -0.4 is 0 Å². The zero-order chi connectivity index (χ0) is 14.6. The molecule has 3 heteroatoms. The minimum absolute atomic E-state index is 0.533. The molecule has 2 fully saturated rings. The first-order chi connectivity index (χ1) is 10.4. The number of pyridine rings is 1. The van der Waals surface area contributed by atoms with Crippen molar-refractivity contribution in [2.45, 2.75) is 76.3 Å². The van der Waals surface area contributed by atoms with E-state index < -0.39 is 0 Å². The van der Waals surface area contributed by atoms with Crippen LogP contribution in [-0.2, 0) is 0 Å². The van der Waals surface area contributed by atoms with Gasteiger partial charge in [-0.05, 0) is 37.8 Å². The smallest absolute Gasteiger partial charge is 0.0898 e. The molecule has 0 spiro atoms. The first kappa shape index (κ1) is 15.9. The summed E-state index contributed by atoms with van der Waals surface area (Å²) in [4.78, 5) is 12.7. The molecule has 1 heterocycles. The van der Waals surface area contributed by atoms with Crippen molar-refractivity contribution in [3.05, 3.63) is 30.6 Å². The second-order valence-electron chi connectivity index (χ2n) is 5.97. The Morgan fingerprint density at radius 3 is 1.48 bits per heavy atom. The maximum Gasteiger partial charge on any atom is 0.0898 e. The molecule has 0 saturated heterocycles. The Kier molecular flexibility index (Phi) is 7.79. The Hall–Kier alpha value is -1.47. The fourth-order valence-electron chi connectivity index (χ4n) is 2.93. The van der Waals surface area contributed by atoms with E-state index in [4.69, 9.17) is 0 Å². The van der Waals surface area contributed by atoms with E-state index in [-0.39, 0.29) is 0 Å². The summed E-state index contributed by atoms with van der Waals surface area (Å²) in [5.74, 6) is 0. The van der Waals surface area contributed by atoms with Gasteiger partial charge in [0, 0.05) is 12.4 Å². The second kappa shape index (κ2) is 10.3. The largest absolute Gasteiger partial charge is 0.265 e. The number of hydrogen-bond donors (Lipinski definition) is 0. The van der Waals surface area contributed by atoms with Gasteiger partial charge in [0.25, 0.3) is 0 Å². The van der Waals surface area contributed by atoms with Gasteiger partial charge in [-0.15, -0.1) is 0 Å². The van der Waals surface area contributed by atoms with Gasteiger partial charge in [-0.2, -0.15) is 0 Å². The Labute approximate surface area is 128 Å². The quantitative estimate of drug-likeness (QED) is 0.711. The summed E-state index contributed by atoms with van der Waals surface area (Å²) in [5, 5.41) is 0. The molecule has 21 heavy (non-hydrogen) atoms. The van der Waals surface area contributed by atoms with Crippen LogP contribution in [0, 0.1) is 0 Å². The van der Waals surface area contributed by atoms with Gasteiger partial charge in [-0.1, -0.05) is 44.6 Å². The van der Waals surface area contributed by atoms with Crippen molar-refractivity contribution in [1.29, 1.82) is 0 Å². The van der Waals surface area contributed by atoms with Crippen molar-refractivity contribution in [3.63, 3.8) is 0 Å². The first-order valence-corrected chi connectivity index (χ1v) is 8.45. The molecule has 114 valence electrons. The van der Waals surface area contributed by atoms with E-state index in [0.717, 1.165) is 0 Å². The van der Waals surface area contributed by atoms with Gasteiger partial charge in [0.05, 0.1) is 18.1 Å². The monoisotopic (exact) mass is 285 g/mol. The highest BCUT2D eigenvalue weighted by atomic mass is 14.9. The number of aliphatic imine (C=N–C) groups is 2. The average Bonchev–Trinajstić information content (AvgIpc) is 2.59. The summed E-state index contributed by atoms with van der Waals surface area (Å²) in [7, 11) is 0. The third-order valence-corrected chi connectivity index (χ3v) is 4.20. The van der Waals surface area contributed by atoms with Gasteiger partial charge in [-0.25, -0.2) is 9.98 Å². The lowest BCUT2D eigenvalue weighted by Crippen LogP contribution is -2.10. The summed E-state index contributed by atoms with van der Waals surface area (Å²) in [6.07, 6.45) is 16.7. The fourth-order valence-corrected chi connectivity index (χ4v) is 2.93. The molecule has 0 aromatic carbocycles. The molecule has 3 nitrogen and oxygen atoms in total. The molecule has 2 aliphatic rings. The minimum Gasteiger partial charge on any atom is -0.265 e. The number of nitrogens with zero attached hydrogens (tertiary/aromatic N) is 3. The van der Waals surface area contributed by atoms with Gasteiger partial charge >= 0.3 is 0 Å². The third kappa shape index (κ3) is 7.19. The highest BCUT2D eigenvalue weighted by Gasteiger charge is 2.12. The summed E-state index contributed by atoms with van der Waals surface area (Å²) in [5.41, 5.74) is 0. The van der Waals surface area contributed by atoms with Crippen LogP contribution in [0.5, 0.6) is 0 Å². The molecular formula is C18H27N3. The van der Waals surface area contributed by atoms with Crippen LogP contribution in [0.1, 0.15) is 64.2 Å². The van der Waals surface area contributed by atoms with Gasteiger partial charge in [0.15, 0.2) is 0 Å². The molecule has 0 radical (unpaired) electrons. The zero-order valence-electron chi connectivity index (χ0n) is 13.0. The van der Waals surface area contributed by atoms with Crippen molar-refractivity contribution < 1.29 is 0 Å². The van der Waals surface area contributed by atoms with Crippen LogP contribution >= 0.6 is 0 Å². The molecular weight excluding hydrogens is 258 g/mol. The summed E-state index contributed by atoms with van der Waals surface area (Å²) in [6.45, 7) is 0. The molecule has 0 atom stereocenters. The third-order valence-electron chi connectivity index (χ3n) is 4.20. The molecule has 1 aromatic rings. The lowest BCUT2D eigenvalue weighted by molar-refractivity contribution is 0.438. The van der Waals surface area contributed by atoms with E-state index >= 15 is 0 Å². The average molecular weight is 285 g/mol. The van der Waals surface area contributed by atoms with Crippen molar-refractivity contribution in [2.24, 2.45) is 9.98 Å². The first-order valence-electron chi connectivity index (χ1n) is 8.45. The normalized spacial score (nSPS) is 19.8. The Balaban J connectivity index is 0.000000225. The molecule has 0 amide bonds. The van der Waals surface area contributed by atoms with Gasteiger partial charge in [0.1, 0.15) is 0 Å². The predicted molar refractivity (Wildman–Crippen MR) is 87.8 cm³/mol. The van der Waals surface area contributed by atoms with Crippen molar-refractivity contribution in [1.82, 2.24) is 4.98 Å². The highest BCUT2D eigenvalue weighted by Crippen LogP contribution is 2.21. The summed E-state index contributed by atoms with van der Waals surface area (Å²) in [6, 6.07) is 9.76. The molecule has 2 saturated carbocycles. The molecule has 0 aliphatic heterocycles. The number of hydrogen-bond acceptors (Lipinski definition) is 3. The molecule has 1 aromatic heterocycles. The van der Waals surface area contributed by atoms with Crippen LogP contribution in [0.2, 0.25) is 0 Å². The SMILES string of the molecule is C(=NC1CCCCC1)=NC1CCCCC1.c1ccncc1. The van der Waals surface area contributed by atoms with Crippen molar-refractivity contribution in [2.75, 3.05) is 0 Å². The summed E-state index contributed by atoms with van der Waals surface area (Å²) < 4.78 is 0. The fraction of sp³-hybridized carbons (Fsp3) is 0.667. The maximum absolute atomic E-state index is 4.46. The minimum atomic E-state index is 0.533. The second-order valence-corrected chi connectivity index (χ2v) is 5.97. The lowest BCUT2D eigenvalue weighted by Gasteiger charge is -2.17. The van der Waals surface area contributed by atoms with E-state index in [9.17, 15) is 0 Å². The lowest BCUT2D eigenvalue weighted by atomic mass is 9.96. The molecule has 0 bridgehead atoms. The number of aromatic nitrogens is 1. The molecule has 3 rings (SSSR count). The predicted octanol–water partition coefficient (Wildman–Crippen LogP) is 4.91. The Bertz CT molecular complexity index is 363. The van der Waals surface area contributed by atoms with Gasteiger partial charge in [-0.3, -0.25) is 4.98 Å². The molecule has 2 aliphatic carbocycles. The van der Waals surface area contributed by atoms with Crippen LogP contribution in [-0.4, -0.2) is 23.1 Å². The Morgan fingerprint density at radius 1 is 0.667 bits per heavy atom. The zero-order valence-corrected chi connectivity index (χ0v) is 13.0. The van der Waals surface area contributed by atoms with E-state index in [1.807, 2.05) is 18.2 Å². The van der Waals surface area contributed by atoms with Crippen LogP contribution in [0.3, 0.4) is 0 Å². The van der Waals surface area contributed by atoms with E-state index in [2.05, 4.69) is 21.0 Å². The van der Waals surface area contributed by atoms with E-state index in [0.29, 0.717) is 12.1 Å². The Morgan fingerprint density at radius 2 is 1.14 bits per heavy atom. The highest BCUT2D eigenvalue weighted by molar-refractivity contribution is 5.42. The van der Waals surface area contributed by atoms with Gasteiger partial charge in [0.2, 0.25) is 0 Å². The summed E-state index contributed by atoms with van der Waals surface area (Å²) >= 11 is 0. The topological polar surface area (TPSA) is 37.6 Å².